The number of nitrogens with one attached hydrogen (secondary N) is 4. The molecule has 5 N–H and O–H groups in total. The molecule has 17 heteroatoms. The lowest BCUT2D eigenvalue weighted by molar-refractivity contribution is -0.192. The van der Waals surface area contributed by atoms with Crippen LogP contribution in [-0.2, 0) is 30.9 Å². The summed E-state index contributed by atoms with van der Waals surface area (Å²) in [7, 11) is 0.115. The lowest BCUT2D eigenvalue weighted by atomic mass is 10.4. The predicted octanol–water partition coefficient (Wildman–Crippen LogP) is -1.33. The van der Waals surface area contributed by atoms with Crippen molar-refractivity contribution in [3.05, 3.63) is 0 Å². The van der Waals surface area contributed by atoms with Gasteiger partial charge >= 0.3 is 30.2 Å². The van der Waals surface area contributed by atoms with E-state index in [-0.39, 0.29) is 4.90 Å². The second-order valence-electron chi connectivity index (χ2n) is 4.15. The molecule has 0 saturated heterocycles. The van der Waals surface area contributed by atoms with Crippen molar-refractivity contribution >= 4 is 43.2 Å². The number of rotatable bonds is 8. The highest BCUT2D eigenvalue weighted by atomic mass is 32.4. The number of methoxy groups -OCH3 is 2. The van der Waals surface area contributed by atoms with Gasteiger partial charge in [-0.3, -0.25) is 25.3 Å². The number of carboxylic acids is 1. The van der Waals surface area contributed by atoms with Crippen LogP contribution in [0.2, 0.25) is 0 Å². The second-order valence-corrected chi connectivity index (χ2v) is 5.93. The summed E-state index contributed by atoms with van der Waals surface area (Å²) in [5, 5.41) is 8.84. The Bertz CT molecular complexity index is 558. The topological polar surface area (TPSA) is 158 Å². The fourth-order valence-electron chi connectivity index (χ4n) is 1.33. The van der Waals surface area contributed by atoms with Gasteiger partial charge in [-0.05, 0) is 7.36 Å². The number of aliphatic carboxylic acids is 1. The Morgan fingerprint density at radius 1 is 1.08 bits per heavy atom. The average Bonchev–Trinajstić information content (AvgIpc) is 2.58. The van der Waals surface area contributed by atoms with E-state index in [1.807, 2.05) is 10.9 Å². The van der Waals surface area contributed by atoms with Crippen LogP contribution in [0.1, 0.15) is 0 Å². The summed E-state index contributed by atoms with van der Waals surface area (Å²) in [5.41, 5.74) is 4.89. The summed E-state index contributed by atoms with van der Waals surface area (Å²) in [6.45, 7) is -1.48. The van der Waals surface area contributed by atoms with Crippen LogP contribution in [0.4, 0.5) is 22.8 Å². The molecule has 1 atom stereocenters. The van der Waals surface area contributed by atoms with Crippen molar-refractivity contribution in [3.8, 4) is 0 Å². The number of nitrogens with zero attached hydrogens (tertiary/aromatic N) is 1. The van der Waals surface area contributed by atoms with Crippen LogP contribution in [0.25, 0.3) is 0 Å². The van der Waals surface area contributed by atoms with Crippen LogP contribution in [0, 0.1) is 0 Å². The molecule has 0 aliphatic rings. The number of hydrogen-bond donors (Lipinski definition) is 5. The van der Waals surface area contributed by atoms with E-state index in [9.17, 15) is 32.3 Å². The number of carbonyl (C=O) groups is 4. The first-order chi connectivity index (χ1) is 11.9. The highest BCUT2D eigenvalue weighted by Crippen LogP contribution is 2.27. The van der Waals surface area contributed by atoms with E-state index in [1.54, 1.807) is 10.9 Å². The highest BCUT2D eigenvalue weighted by Gasteiger charge is 2.50. The normalized spacial score (nSPS) is 11.7. The summed E-state index contributed by atoms with van der Waals surface area (Å²) in [6.07, 6.45) is -7.89. The number of hydrogen-bond acceptors (Lipinski definition) is 9. The fraction of sp³-hybridized carbons (Fsp3) is 0.556. The van der Waals surface area contributed by atoms with E-state index in [0.717, 1.165) is 14.2 Å². The summed E-state index contributed by atoms with van der Waals surface area (Å²) in [4.78, 5) is 44.7. The summed E-state index contributed by atoms with van der Waals surface area (Å²) in [5.74, 6) is -4.43. The van der Waals surface area contributed by atoms with E-state index in [0.29, 0.717) is 0 Å². The number of amides is 3. The van der Waals surface area contributed by atoms with Crippen molar-refractivity contribution in [3.63, 3.8) is 0 Å². The molecule has 0 heterocycles. The number of carbonyl (C=O) groups excluding carboxylic acids is 3. The number of carboxylic acid groups (broad SMARTS) is 1. The van der Waals surface area contributed by atoms with Crippen LogP contribution in [0.3, 0.4) is 0 Å². The van der Waals surface area contributed by atoms with Gasteiger partial charge in [0.05, 0.1) is 14.2 Å². The molecular weight excluding hydrogens is 410 g/mol. The molecule has 0 saturated carbocycles. The van der Waals surface area contributed by atoms with Crippen molar-refractivity contribution in [2.45, 2.75) is 11.7 Å². The predicted molar refractivity (Wildman–Crippen MR) is 82.6 cm³/mol. The van der Waals surface area contributed by atoms with Crippen LogP contribution in [-0.4, -0.2) is 66.5 Å². The lowest BCUT2D eigenvalue weighted by Crippen LogP contribution is -2.74. The minimum absolute atomic E-state index is 0.246. The Balaban J connectivity index is 5.98. The van der Waals surface area contributed by atoms with Gasteiger partial charge in [-0.2, -0.15) is 24.0 Å². The molecule has 0 radical (unpaired) electrons. The molecule has 0 bridgehead atoms. The highest BCUT2D eigenvalue weighted by molar-refractivity contribution is 7.97. The molecule has 1 unspecified atom stereocenters. The zero-order chi connectivity index (χ0) is 20.5. The molecule has 0 aliphatic carbocycles. The van der Waals surface area contributed by atoms with Gasteiger partial charge in [0, 0.05) is 0 Å². The van der Waals surface area contributed by atoms with Gasteiger partial charge in [0.15, 0.2) is 0 Å². The maximum absolute atomic E-state index is 12.9. The number of hydrazine groups is 2. The first kappa shape index (κ1) is 23.8. The fourth-order valence-corrected chi connectivity index (χ4v) is 2.66. The molecule has 0 aromatic carbocycles. The smallest absolute Gasteiger partial charge is 0.471 e. The van der Waals surface area contributed by atoms with Gasteiger partial charge in [-0.1, -0.05) is 11.8 Å². The first-order valence-corrected chi connectivity index (χ1v) is 8.69. The van der Waals surface area contributed by atoms with Gasteiger partial charge in [0.25, 0.3) is 0 Å². The molecule has 0 spiro atoms. The largest absolute Gasteiger partial charge is 0.480 e. The molecule has 3 amide bonds. The molecule has 0 aromatic rings. The number of alkyl halides is 3. The molecule has 12 nitrogen and oxygen atoms in total. The van der Waals surface area contributed by atoms with Crippen molar-refractivity contribution in [1.82, 2.24) is 26.6 Å². The van der Waals surface area contributed by atoms with E-state index in [2.05, 4.69) is 9.47 Å². The third kappa shape index (κ3) is 6.99. The van der Waals surface area contributed by atoms with E-state index < -0.39 is 49.7 Å². The van der Waals surface area contributed by atoms with Crippen molar-refractivity contribution < 1.29 is 46.9 Å². The minimum atomic E-state index is -5.48. The Morgan fingerprint density at radius 2 is 1.50 bits per heavy atom. The third-order valence-corrected chi connectivity index (χ3v) is 4.42. The summed E-state index contributed by atoms with van der Waals surface area (Å²) < 4.78 is 47.0. The lowest BCUT2D eigenvalue weighted by Gasteiger charge is -2.41. The zero-order valence-electron chi connectivity index (χ0n) is 13.2. The number of ether oxygens (including phenoxy) is 2. The van der Waals surface area contributed by atoms with Crippen LogP contribution >= 0.6 is 7.36 Å². The van der Waals surface area contributed by atoms with Crippen LogP contribution < -0.4 is 21.7 Å². The molecule has 0 rings (SSSR count). The van der Waals surface area contributed by atoms with E-state index in [1.165, 1.54) is 0 Å². The van der Waals surface area contributed by atoms with Gasteiger partial charge in [0.2, 0.25) is 5.53 Å². The third-order valence-electron chi connectivity index (χ3n) is 2.46. The van der Waals surface area contributed by atoms with Crippen LogP contribution in [0.5, 0.6) is 0 Å². The maximum atomic E-state index is 12.9. The summed E-state index contributed by atoms with van der Waals surface area (Å²) >= 11 is 4.75. The van der Waals surface area contributed by atoms with E-state index >= 15 is 0 Å². The molecule has 26 heavy (non-hydrogen) atoms. The standard InChI is InChI=1S/C9H15F3N5O7PS/c1-23-6(21)13-15-9(25-26,16-14-7(22)24-2)17(3-4(18)19)5(20)8(10,11)12/h15-16H,3,25H2,1-2H3,(H,13,21)(H,14,22)(H,18,19). The van der Waals surface area contributed by atoms with Gasteiger partial charge < -0.3 is 14.6 Å². The Hall–Kier alpha value is -2.16. The van der Waals surface area contributed by atoms with Crippen molar-refractivity contribution in [1.29, 1.82) is 0 Å². The van der Waals surface area contributed by atoms with Crippen molar-refractivity contribution in [2.24, 2.45) is 0 Å². The Labute approximate surface area is 150 Å². The first-order valence-electron chi connectivity index (χ1n) is 6.22. The zero-order valence-corrected chi connectivity index (χ0v) is 15.1. The minimum Gasteiger partial charge on any atom is -0.480 e. The molecule has 0 aliphatic heterocycles. The van der Waals surface area contributed by atoms with Gasteiger partial charge in [0.1, 0.15) is 6.54 Å². The monoisotopic (exact) mass is 425 g/mol. The average molecular weight is 425 g/mol. The number of halogens is 3. The Morgan fingerprint density at radius 3 is 1.77 bits per heavy atom. The quantitative estimate of drug-likeness (QED) is 0.179. The van der Waals surface area contributed by atoms with Gasteiger partial charge in [-0.15, -0.1) is 0 Å². The SMILES string of the molecule is COC(=O)NNC(NNC(=O)OC)([PH2]=S)N(CC(=O)O)C(=O)C(F)(F)F. The summed E-state index contributed by atoms with van der Waals surface area (Å²) in [6, 6.07) is 0. The molecular formula is C9H15F3N5O7PS. The van der Waals surface area contributed by atoms with E-state index in [4.69, 9.17) is 16.9 Å². The Kier molecular flexibility index (Phi) is 9.26. The second kappa shape index (κ2) is 10.1. The molecule has 0 fully saturated rings. The molecule has 0 aromatic heterocycles. The molecule has 150 valence electrons. The van der Waals surface area contributed by atoms with Gasteiger partial charge in [-0.25, -0.2) is 9.59 Å². The maximum Gasteiger partial charge on any atom is 0.471 e. The van der Waals surface area contributed by atoms with Crippen molar-refractivity contribution in [2.75, 3.05) is 20.8 Å². The van der Waals surface area contributed by atoms with Crippen LogP contribution in [0.15, 0.2) is 0 Å².